The molecule has 142 valence electrons. The molecule has 7 nitrogen and oxygen atoms in total. The van der Waals surface area contributed by atoms with Crippen molar-refractivity contribution in [2.75, 3.05) is 19.6 Å². The van der Waals surface area contributed by atoms with Crippen LogP contribution >= 0.6 is 35.5 Å². The van der Waals surface area contributed by atoms with Crippen molar-refractivity contribution in [1.29, 1.82) is 0 Å². The average Bonchev–Trinajstić information content (AvgIpc) is 2.99. The van der Waals surface area contributed by atoms with E-state index in [0.29, 0.717) is 18.0 Å². The first-order chi connectivity index (χ1) is 12.0. The second-order valence-corrected chi connectivity index (χ2v) is 7.45. The van der Waals surface area contributed by atoms with Gasteiger partial charge in [0.2, 0.25) is 0 Å². The monoisotopic (exact) mass is 416 g/mol. The average molecular weight is 417 g/mol. The number of aryl methyl sites for hydroxylation is 1. The molecule has 2 aromatic rings. The first-order valence-electron chi connectivity index (χ1n) is 7.88. The fourth-order valence-electron chi connectivity index (χ4n) is 2.03. The topological polar surface area (TPSA) is 97.2 Å². The van der Waals surface area contributed by atoms with E-state index in [-0.39, 0.29) is 29.6 Å². The van der Waals surface area contributed by atoms with Gasteiger partial charge >= 0.3 is 0 Å². The van der Waals surface area contributed by atoms with Gasteiger partial charge in [-0.2, -0.15) is 0 Å². The number of carbonyl (C=O) groups excluding carboxylic acids is 1. The number of thiazole rings is 1. The molecule has 0 saturated heterocycles. The number of nitrogens with one attached hydrogen (secondary N) is 2. The van der Waals surface area contributed by atoms with Gasteiger partial charge in [0.05, 0.1) is 9.82 Å². The third-order valence-electron chi connectivity index (χ3n) is 3.23. The third-order valence-corrected chi connectivity index (χ3v) is 5.35. The van der Waals surface area contributed by atoms with Crippen molar-refractivity contribution in [3.05, 3.63) is 45.0 Å². The number of nitro benzene ring substituents is 1. The Balaban J connectivity index is 0.00000338. The van der Waals surface area contributed by atoms with Crippen molar-refractivity contribution in [1.82, 2.24) is 15.6 Å². The molecule has 10 heteroatoms. The van der Waals surface area contributed by atoms with E-state index in [1.54, 1.807) is 12.1 Å². The summed E-state index contributed by atoms with van der Waals surface area (Å²) in [6, 6.07) is 4.52. The highest BCUT2D eigenvalue weighted by molar-refractivity contribution is 8.01. The van der Waals surface area contributed by atoms with Crippen LogP contribution in [0.1, 0.15) is 29.4 Å². The minimum Gasteiger partial charge on any atom is -0.351 e. The summed E-state index contributed by atoms with van der Waals surface area (Å²) >= 11 is 2.67. The van der Waals surface area contributed by atoms with Crippen LogP contribution in [-0.2, 0) is 0 Å². The Kier molecular flexibility index (Phi) is 9.57. The second-order valence-electron chi connectivity index (χ2n) is 5.30. The van der Waals surface area contributed by atoms with Crippen molar-refractivity contribution in [3.63, 3.8) is 0 Å². The number of nitro groups is 1. The lowest BCUT2D eigenvalue weighted by atomic mass is 10.2. The predicted molar refractivity (Wildman–Crippen MR) is 107 cm³/mol. The second kappa shape index (κ2) is 11.1. The molecular formula is C16H21ClN4O3S2. The lowest BCUT2D eigenvalue weighted by Gasteiger charge is -2.07. The van der Waals surface area contributed by atoms with E-state index in [2.05, 4.69) is 22.5 Å². The Hall–Kier alpha value is -1.68. The van der Waals surface area contributed by atoms with Gasteiger partial charge in [-0.3, -0.25) is 14.9 Å². The van der Waals surface area contributed by atoms with Crippen molar-refractivity contribution >= 4 is 47.1 Å². The van der Waals surface area contributed by atoms with E-state index in [1.807, 2.05) is 12.3 Å². The van der Waals surface area contributed by atoms with Gasteiger partial charge in [-0.15, -0.1) is 23.7 Å². The Morgan fingerprint density at radius 3 is 2.73 bits per heavy atom. The molecule has 1 aromatic carbocycles. The van der Waals surface area contributed by atoms with Crippen LogP contribution in [0.25, 0.3) is 0 Å². The minimum atomic E-state index is -0.470. The molecule has 26 heavy (non-hydrogen) atoms. The molecule has 0 unspecified atom stereocenters. The molecule has 0 saturated carbocycles. The lowest BCUT2D eigenvalue weighted by molar-refractivity contribution is -0.387. The van der Waals surface area contributed by atoms with Gasteiger partial charge in [0.15, 0.2) is 4.34 Å². The number of hydrogen-bond donors (Lipinski definition) is 2. The minimum absolute atomic E-state index is 0. The highest BCUT2D eigenvalue weighted by Crippen LogP contribution is 2.36. The third kappa shape index (κ3) is 6.56. The molecule has 2 rings (SSSR count). The summed E-state index contributed by atoms with van der Waals surface area (Å²) in [6.07, 6.45) is 1.03. The summed E-state index contributed by atoms with van der Waals surface area (Å²) in [5, 5.41) is 19.2. The molecule has 0 aliphatic rings. The molecule has 0 spiro atoms. The standard InChI is InChI=1S/C16H20N4O3S2.ClH/c1-3-6-17-7-8-18-15(21)12-4-5-14(13(9-12)20(22)23)25-16-19-11(2)10-24-16;/h4-5,9-10,17H,3,6-8H2,1-2H3,(H,18,21);1H. The number of carbonyl (C=O) groups is 1. The van der Waals surface area contributed by atoms with Crippen LogP contribution < -0.4 is 10.6 Å². The van der Waals surface area contributed by atoms with E-state index in [9.17, 15) is 14.9 Å². The zero-order chi connectivity index (χ0) is 18.2. The normalized spacial score (nSPS) is 10.2. The Morgan fingerprint density at radius 2 is 2.12 bits per heavy atom. The van der Waals surface area contributed by atoms with E-state index < -0.39 is 4.92 Å². The molecule has 0 bridgehead atoms. The zero-order valence-electron chi connectivity index (χ0n) is 14.5. The molecule has 0 radical (unpaired) electrons. The molecule has 0 aliphatic heterocycles. The molecule has 1 amide bonds. The fraction of sp³-hybridized carbons (Fsp3) is 0.375. The zero-order valence-corrected chi connectivity index (χ0v) is 16.9. The first kappa shape index (κ1) is 22.4. The molecule has 0 atom stereocenters. The number of aromatic nitrogens is 1. The van der Waals surface area contributed by atoms with Crippen LogP contribution in [0.3, 0.4) is 0 Å². The number of halogens is 1. The van der Waals surface area contributed by atoms with Crippen molar-refractivity contribution in [3.8, 4) is 0 Å². The van der Waals surface area contributed by atoms with Crippen LogP contribution in [0, 0.1) is 17.0 Å². The van der Waals surface area contributed by atoms with Crippen LogP contribution in [0.2, 0.25) is 0 Å². The van der Waals surface area contributed by atoms with Crippen LogP contribution in [0.5, 0.6) is 0 Å². The lowest BCUT2D eigenvalue weighted by Crippen LogP contribution is -2.32. The molecule has 1 aromatic heterocycles. The van der Waals surface area contributed by atoms with Crippen molar-refractivity contribution < 1.29 is 9.72 Å². The van der Waals surface area contributed by atoms with Gasteiger partial charge in [-0.05, 0) is 32.0 Å². The van der Waals surface area contributed by atoms with Gasteiger partial charge < -0.3 is 10.6 Å². The largest absolute Gasteiger partial charge is 0.351 e. The molecule has 2 N–H and O–H groups in total. The maximum Gasteiger partial charge on any atom is 0.284 e. The molecule has 1 heterocycles. The Bertz CT molecular complexity index is 755. The summed E-state index contributed by atoms with van der Waals surface area (Å²) in [5.41, 5.74) is 1.07. The summed E-state index contributed by atoms with van der Waals surface area (Å²) in [5.74, 6) is -0.317. The van der Waals surface area contributed by atoms with Crippen molar-refractivity contribution in [2.24, 2.45) is 0 Å². The maximum atomic E-state index is 12.1. The molecule has 0 aliphatic carbocycles. The quantitative estimate of drug-likeness (QED) is 0.368. The summed E-state index contributed by atoms with van der Waals surface area (Å²) < 4.78 is 0.736. The highest BCUT2D eigenvalue weighted by Gasteiger charge is 2.19. The SMILES string of the molecule is CCCNCCNC(=O)c1ccc(Sc2nc(C)cs2)c([N+](=O)[O-])c1.Cl. The van der Waals surface area contributed by atoms with Gasteiger partial charge in [0.25, 0.3) is 11.6 Å². The molecule has 0 fully saturated rings. The number of rotatable bonds is 9. The van der Waals surface area contributed by atoms with Crippen molar-refractivity contribution in [2.45, 2.75) is 29.5 Å². The summed E-state index contributed by atoms with van der Waals surface area (Å²) in [4.78, 5) is 27.8. The van der Waals surface area contributed by atoms with Crippen LogP contribution in [0.4, 0.5) is 5.69 Å². The maximum absolute atomic E-state index is 12.1. The van der Waals surface area contributed by atoms with E-state index in [4.69, 9.17) is 0 Å². The number of hydrogen-bond acceptors (Lipinski definition) is 7. The van der Waals surface area contributed by atoms with Crippen LogP contribution in [-0.4, -0.2) is 35.4 Å². The first-order valence-corrected chi connectivity index (χ1v) is 9.58. The Morgan fingerprint density at radius 1 is 1.35 bits per heavy atom. The summed E-state index contributed by atoms with van der Waals surface area (Å²) in [7, 11) is 0. The number of amides is 1. The van der Waals surface area contributed by atoms with Gasteiger partial charge in [-0.25, -0.2) is 4.98 Å². The van der Waals surface area contributed by atoms with E-state index in [1.165, 1.54) is 29.2 Å². The van der Waals surface area contributed by atoms with Gasteiger partial charge in [0, 0.05) is 35.8 Å². The predicted octanol–water partition coefficient (Wildman–Crippen LogP) is 3.66. The fourth-order valence-corrected chi connectivity index (χ4v) is 3.91. The number of nitrogens with zero attached hydrogens (tertiary/aromatic N) is 2. The summed E-state index contributed by atoms with van der Waals surface area (Å²) in [6.45, 7) is 5.97. The number of benzene rings is 1. The molecular weight excluding hydrogens is 396 g/mol. The Labute approximate surface area is 166 Å². The van der Waals surface area contributed by atoms with Gasteiger partial charge in [-0.1, -0.05) is 18.7 Å². The van der Waals surface area contributed by atoms with Gasteiger partial charge in [0.1, 0.15) is 0 Å². The van der Waals surface area contributed by atoms with E-state index >= 15 is 0 Å². The highest BCUT2D eigenvalue weighted by atomic mass is 35.5. The van der Waals surface area contributed by atoms with E-state index in [0.717, 1.165) is 23.0 Å². The van der Waals surface area contributed by atoms with Crippen LogP contribution in [0.15, 0.2) is 32.8 Å². The smallest absolute Gasteiger partial charge is 0.284 e.